The van der Waals surface area contributed by atoms with Gasteiger partial charge in [0.25, 0.3) is 0 Å². The maximum absolute atomic E-state index is 14.9. The summed E-state index contributed by atoms with van der Waals surface area (Å²) in [6.45, 7) is 3.11. The molecule has 0 spiro atoms. The van der Waals surface area contributed by atoms with Crippen molar-refractivity contribution >= 4 is 29.2 Å². The lowest BCUT2D eigenvalue weighted by Gasteiger charge is -2.47. The first-order valence-electron chi connectivity index (χ1n) is 9.66. The first kappa shape index (κ1) is 21.0. The van der Waals surface area contributed by atoms with Gasteiger partial charge in [-0.25, -0.2) is 9.18 Å². The van der Waals surface area contributed by atoms with Crippen LogP contribution < -0.4 is 15.5 Å². The summed E-state index contributed by atoms with van der Waals surface area (Å²) in [5.41, 5.74) is 5.83. The van der Waals surface area contributed by atoms with Crippen molar-refractivity contribution in [2.24, 2.45) is 11.7 Å². The fourth-order valence-electron chi connectivity index (χ4n) is 3.87. The first-order chi connectivity index (χ1) is 13.8. The molecule has 158 valence electrons. The van der Waals surface area contributed by atoms with Crippen LogP contribution in [0.4, 0.5) is 20.6 Å². The molecule has 0 saturated carbocycles. The number of amides is 2. The molecule has 8 nitrogen and oxygen atoms in total. The van der Waals surface area contributed by atoms with Crippen LogP contribution in [-0.4, -0.2) is 56.7 Å². The van der Waals surface area contributed by atoms with E-state index < -0.39 is 23.9 Å². The number of hydrogen-bond acceptors (Lipinski definition) is 6. The number of cyclic esters (lactones) is 1. The van der Waals surface area contributed by atoms with Gasteiger partial charge in [0, 0.05) is 32.4 Å². The Balaban J connectivity index is 1.70. The second-order valence-corrected chi connectivity index (χ2v) is 7.54. The van der Waals surface area contributed by atoms with Crippen molar-refractivity contribution in [3.05, 3.63) is 24.0 Å². The monoisotopic (exact) mass is 407 g/mol. The van der Waals surface area contributed by atoms with Crippen LogP contribution in [0, 0.1) is 11.7 Å². The number of hydrogen-bond donors (Lipinski definition) is 1. The number of methoxy groups -OCH3 is 1. The number of nitrogens with two attached hydrogens (primary N) is 1. The summed E-state index contributed by atoms with van der Waals surface area (Å²) in [4.78, 5) is 38.5. The van der Waals surface area contributed by atoms with E-state index in [0.29, 0.717) is 30.9 Å². The summed E-state index contributed by atoms with van der Waals surface area (Å²) >= 11 is 0. The molecule has 2 aliphatic rings. The molecule has 1 aromatic carbocycles. The van der Waals surface area contributed by atoms with E-state index in [1.54, 1.807) is 17.0 Å². The number of anilines is 2. The molecule has 1 aromatic rings. The maximum atomic E-state index is 14.9. The van der Waals surface area contributed by atoms with Gasteiger partial charge in [-0.05, 0) is 24.6 Å². The molecule has 2 heterocycles. The number of halogens is 1. The van der Waals surface area contributed by atoms with Crippen molar-refractivity contribution in [3.63, 3.8) is 0 Å². The average molecular weight is 407 g/mol. The number of Topliss-reactive ketones (excluding diaryl/α,β-unsaturated/α-hetero) is 1. The number of benzene rings is 1. The number of carbonyl (C=O) groups excluding carboxylic acids is 3. The molecule has 3 unspecified atom stereocenters. The standard InChI is InChI=1S/C20H26FN3O5/c1-12-10-24(19(12)17(25)7-8-28-2)16-5-3-13(9-15(16)21)23-11-14(29-20(23)27)4-6-18(22)26/h3,5,9,12,14,19H,4,6-8,10-11H2,1-2H3,(H2,22,26). The van der Waals surface area contributed by atoms with Crippen LogP contribution in [0.2, 0.25) is 0 Å². The molecule has 2 fully saturated rings. The van der Waals surface area contributed by atoms with E-state index in [9.17, 15) is 18.8 Å². The highest BCUT2D eigenvalue weighted by Gasteiger charge is 2.41. The van der Waals surface area contributed by atoms with Gasteiger partial charge in [0.1, 0.15) is 11.9 Å². The third-order valence-electron chi connectivity index (χ3n) is 5.38. The van der Waals surface area contributed by atoms with Gasteiger partial charge in [0.05, 0.1) is 30.6 Å². The van der Waals surface area contributed by atoms with Gasteiger partial charge in [0.15, 0.2) is 5.78 Å². The fraction of sp³-hybridized carbons (Fsp3) is 0.550. The summed E-state index contributed by atoms with van der Waals surface area (Å²) in [7, 11) is 1.54. The van der Waals surface area contributed by atoms with Crippen LogP contribution in [0.1, 0.15) is 26.2 Å². The highest BCUT2D eigenvalue weighted by molar-refractivity contribution is 5.91. The Hall–Kier alpha value is -2.68. The van der Waals surface area contributed by atoms with Gasteiger partial charge >= 0.3 is 6.09 Å². The second-order valence-electron chi connectivity index (χ2n) is 7.54. The van der Waals surface area contributed by atoms with E-state index in [2.05, 4.69) is 0 Å². The highest BCUT2D eigenvalue weighted by Crippen LogP contribution is 2.36. The van der Waals surface area contributed by atoms with Crippen LogP contribution in [0.25, 0.3) is 0 Å². The molecule has 0 aromatic heterocycles. The molecule has 2 N–H and O–H groups in total. The lowest BCUT2D eigenvalue weighted by atomic mass is 9.85. The number of rotatable bonds is 9. The number of nitrogens with zero attached hydrogens (tertiary/aromatic N) is 2. The Bertz CT molecular complexity index is 802. The molecule has 29 heavy (non-hydrogen) atoms. The van der Waals surface area contributed by atoms with Gasteiger partial charge < -0.3 is 20.1 Å². The van der Waals surface area contributed by atoms with Gasteiger partial charge in [-0.1, -0.05) is 6.92 Å². The molecule has 3 atom stereocenters. The van der Waals surface area contributed by atoms with Crippen LogP contribution in [0.3, 0.4) is 0 Å². The Morgan fingerprint density at radius 3 is 2.69 bits per heavy atom. The molecule has 0 bridgehead atoms. The highest BCUT2D eigenvalue weighted by atomic mass is 19.1. The van der Waals surface area contributed by atoms with Crippen molar-refractivity contribution in [3.8, 4) is 0 Å². The summed E-state index contributed by atoms with van der Waals surface area (Å²) in [6, 6.07) is 4.11. The number of primary amides is 1. The molecular weight excluding hydrogens is 381 g/mol. The minimum Gasteiger partial charge on any atom is -0.444 e. The fourth-order valence-corrected chi connectivity index (χ4v) is 3.87. The predicted molar refractivity (Wildman–Crippen MR) is 104 cm³/mol. The summed E-state index contributed by atoms with van der Waals surface area (Å²) in [5.74, 6) is -0.812. The molecule has 9 heteroatoms. The van der Waals surface area contributed by atoms with E-state index in [4.69, 9.17) is 15.2 Å². The molecule has 0 aliphatic carbocycles. The van der Waals surface area contributed by atoms with Crippen molar-refractivity contribution in [2.45, 2.75) is 38.3 Å². The van der Waals surface area contributed by atoms with Gasteiger partial charge in [-0.3, -0.25) is 14.5 Å². The summed E-state index contributed by atoms with van der Waals surface area (Å²) < 4.78 is 25.0. The number of ketones is 1. The molecule has 2 aliphatic heterocycles. The molecule has 2 amide bonds. The second kappa shape index (κ2) is 8.77. The van der Waals surface area contributed by atoms with Gasteiger partial charge in [0.2, 0.25) is 5.91 Å². The van der Waals surface area contributed by atoms with E-state index in [-0.39, 0.29) is 37.1 Å². The Morgan fingerprint density at radius 1 is 1.31 bits per heavy atom. The zero-order chi connectivity index (χ0) is 21.1. The van der Waals surface area contributed by atoms with E-state index >= 15 is 0 Å². The van der Waals surface area contributed by atoms with Crippen molar-refractivity contribution in [2.75, 3.05) is 36.6 Å². The zero-order valence-electron chi connectivity index (χ0n) is 16.6. The number of carbonyl (C=O) groups is 3. The van der Waals surface area contributed by atoms with Crippen LogP contribution in [-0.2, 0) is 19.1 Å². The Labute approximate surface area is 168 Å². The lowest BCUT2D eigenvalue weighted by Crippen LogP contribution is -2.59. The molecule has 2 saturated heterocycles. The van der Waals surface area contributed by atoms with Crippen molar-refractivity contribution < 1.29 is 28.2 Å². The number of ether oxygens (including phenoxy) is 2. The Kier molecular flexibility index (Phi) is 6.36. The molecule has 3 rings (SSSR count). The summed E-state index contributed by atoms with van der Waals surface area (Å²) in [5, 5.41) is 0. The quantitative estimate of drug-likeness (QED) is 0.670. The lowest BCUT2D eigenvalue weighted by molar-refractivity contribution is -0.123. The van der Waals surface area contributed by atoms with E-state index in [1.807, 2.05) is 6.92 Å². The zero-order valence-corrected chi connectivity index (χ0v) is 16.6. The van der Waals surface area contributed by atoms with Crippen LogP contribution >= 0.6 is 0 Å². The van der Waals surface area contributed by atoms with Crippen molar-refractivity contribution in [1.82, 2.24) is 0 Å². The summed E-state index contributed by atoms with van der Waals surface area (Å²) in [6.07, 6.45) is -0.318. The molecular formula is C20H26FN3O5. The Morgan fingerprint density at radius 2 is 2.07 bits per heavy atom. The smallest absolute Gasteiger partial charge is 0.414 e. The predicted octanol–water partition coefficient (Wildman–Crippen LogP) is 1.85. The third-order valence-corrected chi connectivity index (χ3v) is 5.38. The minimum absolute atomic E-state index is 0.0227. The third kappa shape index (κ3) is 4.50. The maximum Gasteiger partial charge on any atom is 0.414 e. The largest absolute Gasteiger partial charge is 0.444 e. The van der Waals surface area contributed by atoms with Crippen LogP contribution in [0.5, 0.6) is 0 Å². The molecule has 0 radical (unpaired) electrons. The SMILES string of the molecule is COCCC(=O)C1C(C)CN1c1ccc(N2CC(CCC(N)=O)OC2=O)cc1F. The van der Waals surface area contributed by atoms with Crippen molar-refractivity contribution in [1.29, 1.82) is 0 Å². The topological polar surface area (TPSA) is 102 Å². The van der Waals surface area contributed by atoms with E-state index in [0.717, 1.165) is 0 Å². The minimum atomic E-state index is -0.586. The first-order valence-corrected chi connectivity index (χ1v) is 9.66. The van der Waals surface area contributed by atoms with Crippen LogP contribution in [0.15, 0.2) is 18.2 Å². The van der Waals surface area contributed by atoms with Gasteiger partial charge in [-0.2, -0.15) is 0 Å². The van der Waals surface area contributed by atoms with Gasteiger partial charge in [-0.15, -0.1) is 0 Å². The normalized spacial score (nSPS) is 23.7. The average Bonchev–Trinajstić information content (AvgIpc) is 3.03. The van der Waals surface area contributed by atoms with E-state index in [1.165, 1.54) is 18.1 Å².